The van der Waals surface area contributed by atoms with E-state index in [4.69, 9.17) is 22.1 Å². The summed E-state index contributed by atoms with van der Waals surface area (Å²) in [4.78, 5) is 0. The van der Waals surface area contributed by atoms with Crippen LogP contribution < -0.4 is 10.5 Å². The maximum Gasteiger partial charge on any atom is 0.134 e. The van der Waals surface area contributed by atoms with Crippen molar-refractivity contribution in [3.05, 3.63) is 57.0 Å². The molecule has 0 amide bonds. The van der Waals surface area contributed by atoms with Crippen LogP contribution in [0, 0.1) is 6.92 Å². The highest BCUT2D eigenvalue weighted by molar-refractivity contribution is 9.10. The van der Waals surface area contributed by atoms with E-state index in [0.717, 1.165) is 32.1 Å². The Hall–Kier alpha value is -1.19. The molecule has 18 heavy (non-hydrogen) atoms. The van der Waals surface area contributed by atoms with Crippen molar-refractivity contribution in [2.45, 2.75) is 13.5 Å². The summed E-state index contributed by atoms with van der Waals surface area (Å²) in [6.45, 7) is 2.45. The summed E-state index contributed by atoms with van der Waals surface area (Å²) < 4.78 is 6.61. The lowest BCUT2D eigenvalue weighted by Gasteiger charge is -2.10. The Balaban J connectivity index is 2.10. The van der Waals surface area contributed by atoms with Crippen LogP contribution >= 0.6 is 27.5 Å². The van der Waals surface area contributed by atoms with E-state index in [1.807, 2.05) is 43.3 Å². The van der Waals surface area contributed by atoms with E-state index in [1.54, 1.807) is 0 Å². The lowest BCUT2D eigenvalue weighted by atomic mass is 10.2. The molecule has 94 valence electrons. The quantitative estimate of drug-likeness (QED) is 0.838. The maximum absolute atomic E-state index is 5.83. The summed E-state index contributed by atoms with van der Waals surface area (Å²) in [7, 11) is 0. The molecule has 0 fully saturated rings. The van der Waals surface area contributed by atoms with Crippen molar-refractivity contribution >= 4 is 33.2 Å². The van der Waals surface area contributed by atoms with Crippen molar-refractivity contribution in [1.82, 2.24) is 0 Å². The van der Waals surface area contributed by atoms with Gasteiger partial charge < -0.3 is 10.5 Å². The van der Waals surface area contributed by atoms with Crippen LogP contribution in [0.1, 0.15) is 11.1 Å². The van der Waals surface area contributed by atoms with Crippen LogP contribution in [-0.2, 0) is 6.61 Å². The number of nitrogens with two attached hydrogens (primary N) is 1. The van der Waals surface area contributed by atoms with Gasteiger partial charge in [-0.25, -0.2) is 0 Å². The third-order valence-corrected chi connectivity index (χ3v) is 3.50. The van der Waals surface area contributed by atoms with Crippen LogP contribution in [-0.4, -0.2) is 0 Å². The third-order valence-electron chi connectivity index (χ3n) is 2.63. The number of anilines is 1. The first-order valence-electron chi connectivity index (χ1n) is 5.49. The fourth-order valence-electron chi connectivity index (χ4n) is 1.52. The molecule has 2 rings (SSSR count). The summed E-state index contributed by atoms with van der Waals surface area (Å²) in [6.07, 6.45) is 0. The molecule has 2 aromatic rings. The zero-order valence-electron chi connectivity index (χ0n) is 9.91. The van der Waals surface area contributed by atoms with Gasteiger partial charge in [-0.3, -0.25) is 0 Å². The fraction of sp³-hybridized carbons (Fsp3) is 0.143. The van der Waals surface area contributed by atoms with Crippen LogP contribution in [0.25, 0.3) is 0 Å². The molecule has 2 N–H and O–H groups in total. The van der Waals surface area contributed by atoms with E-state index in [1.165, 1.54) is 0 Å². The molecule has 0 aliphatic heterocycles. The molecular weight excluding hydrogens is 314 g/mol. The van der Waals surface area contributed by atoms with Crippen molar-refractivity contribution in [1.29, 1.82) is 0 Å². The first-order chi connectivity index (χ1) is 8.56. The highest BCUT2D eigenvalue weighted by atomic mass is 79.9. The van der Waals surface area contributed by atoms with Gasteiger partial charge in [0.15, 0.2) is 0 Å². The number of nitrogen functional groups attached to an aromatic ring is 1. The van der Waals surface area contributed by atoms with Gasteiger partial charge in [-0.2, -0.15) is 0 Å². The Morgan fingerprint density at radius 2 is 1.89 bits per heavy atom. The minimum Gasteiger partial charge on any atom is -0.488 e. The molecule has 4 heteroatoms. The number of aryl methyl sites for hydroxylation is 1. The topological polar surface area (TPSA) is 35.2 Å². The summed E-state index contributed by atoms with van der Waals surface area (Å²) in [5, 5.41) is 0.725. The first-order valence-corrected chi connectivity index (χ1v) is 6.66. The molecule has 0 radical (unpaired) electrons. The number of halogens is 2. The molecule has 2 aromatic carbocycles. The normalized spacial score (nSPS) is 10.4. The molecule has 0 aliphatic carbocycles. The van der Waals surface area contributed by atoms with Crippen LogP contribution in [0.3, 0.4) is 0 Å². The first kappa shape index (κ1) is 13.2. The lowest BCUT2D eigenvalue weighted by molar-refractivity contribution is 0.304. The van der Waals surface area contributed by atoms with E-state index in [0.29, 0.717) is 6.61 Å². The van der Waals surface area contributed by atoms with Crippen molar-refractivity contribution < 1.29 is 4.74 Å². The van der Waals surface area contributed by atoms with Crippen LogP contribution in [0.15, 0.2) is 40.9 Å². The lowest BCUT2D eigenvalue weighted by Crippen LogP contribution is -1.98. The van der Waals surface area contributed by atoms with Gasteiger partial charge in [0.2, 0.25) is 0 Å². The molecule has 0 heterocycles. The van der Waals surface area contributed by atoms with Crippen LogP contribution in [0.5, 0.6) is 5.75 Å². The Morgan fingerprint density at radius 1 is 1.22 bits per heavy atom. The Bertz CT molecular complexity index is 554. The molecule has 0 aliphatic rings. The van der Waals surface area contributed by atoms with Crippen molar-refractivity contribution in [2.75, 3.05) is 5.73 Å². The third kappa shape index (κ3) is 3.18. The molecule has 2 nitrogen and oxygen atoms in total. The van der Waals surface area contributed by atoms with Gasteiger partial charge in [0.1, 0.15) is 12.4 Å². The van der Waals surface area contributed by atoms with Gasteiger partial charge in [-0.05, 0) is 58.2 Å². The molecule has 0 saturated carbocycles. The van der Waals surface area contributed by atoms with Crippen molar-refractivity contribution in [3.63, 3.8) is 0 Å². The molecule has 0 saturated heterocycles. The summed E-state index contributed by atoms with van der Waals surface area (Å²) >= 11 is 9.27. The van der Waals surface area contributed by atoms with Crippen LogP contribution in [0.4, 0.5) is 5.69 Å². The molecule has 0 bridgehead atoms. The smallest absolute Gasteiger partial charge is 0.134 e. The number of hydrogen-bond donors (Lipinski definition) is 1. The number of rotatable bonds is 3. The zero-order valence-corrected chi connectivity index (χ0v) is 12.3. The van der Waals surface area contributed by atoms with Crippen LogP contribution in [0.2, 0.25) is 5.02 Å². The van der Waals surface area contributed by atoms with Gasteiger partial charge in [0.25, 0.3) is 0 Å². The second-order valence-corrected chi connectivity index (χ2v) is 5.35. The number of ether oxygens (including phenoxy) is 1. The van der Waals surface area contributed by atoms with Crippen molar-refractivity contribution in [3.8, 4) is 5.75 Å². The number of hydrogen-bond acceptors (Lipinski definition) is 2. The molecule has 0 spiro atoms. The second-order valence-electron chi connectivity index (χ2n) is 4.05. The van der Waals surface area contributed by atoms with Gasteiger partial charge in [0.05, 0.1) is 4.47 Å². The van der Waals surface area contributed by atoms with Gasteiger partial charge in [-0.15, -0.1) is 0 Å². The fourth-order valence-corrected chi connectivity index (χ4v) is 2.12. The van der Waals surface area contributed by atoms with E-state index in [2.05, 4.69) is 15.9 Å². The van der Waals surface area contributed by atoms with Crippen molar-refractivity contribution in [2.24, 2.45) is 0 Å². The predicted octanol–water partition coefficient (Wildman–Crippen LogP) is 4.57. The van der Waals surface area contributed by atoms with E-state index in [9.17, 15) is 0 Å². The summed E-state index contributed by atoms with van der Waals surface area (Å²) in [6, 6.07) is 11.4. The minimum absolute atomic E-state index is 0.499. The van der Waals surface area contributed by atoms with E-state index in [-0.39, 0.29) is 0 Å². The van der Waals surface area contributed by atoms with Gasteiger partial charge >= 0.3 is 0 Å². The largest absolute Gasteiger partial charge is 0.488 e. The standard InChI is InChI=1S/C14H13BrClNO/c1-9-6-14(12(15)7-13(9)17)18-8-10-2-4-11(16)5-3-10/h2-7H,8,17H2,1H3. The summed E-state index contributed by atoms with van der Waals surface area (Å²) in [5.41, 5.74) is 8.64. The average Bonchev–Trinajstić information content (AvgIpc) is 2.34. The minimum atomic E-state index is 0.499. The highest BCUT2D eigenvalue weighted by Crippen LogP contribution is 2.30. The Labute approximate surface area is 120 Å². The van der Waals surface area contributed by atoms with E-state index >= 15 is 0 Å². The molecule has 0 aromatic heterocycles. The average molecular weight is 327 g/mol. The van der Waals surface area contributed by atoms with E-state index < -0.39 is 0 Å². The Morgan fingerprint density at radius 3 is 2.56 bits per heavy atom. The molecule has 0 unspecified atom stereocenters. The van der Waals surface area contributed by atoms with Gasteiger partial charge in [-0.1, -0.05) is 23.7 Å². The maximum atomic E-state index is 5.83. The molecule has 0 atom stereocenters. The number of benzene rings is 2. The zero-order chi connectivity index (χ0) is 13.1. The molecular formula is C14H13BrClNO. The highest BCUT2D eigenvalue weighted by Gasteiger charge is 2.05. The van der Waals surface area contributed by atoms with Gasteiger partial charge in [0, 0.05) is 10.7 Å². The SMILES string of the molecule is Cc1cc(OCc2ccc(Cl)cc2)c(Br)cc1N. The second kappa shape index (κ2) is 5.63. The Kier molecular flexibility index (Phi) is 4.15. The monoisotopic (exact) mass is 325 g/mol. The predicted molar refractivity (Wildman–Crippen MR) is 79.1 cm³/mol. The summed E-state index contributed by atoms with van der Waals surface area (Å²) in [5.74, 6) is 0.789.